The van der Waals surface area contributed by atoms with Crippen LogP contribution >= 0.6 is 33.3 Å². The Hall–Kier alpha value is -0.290. The maximum atomic E-state index is 12.0. The predicted molar refractivity (Wildman–Crippen MR) is 61.4 cm³/mol. The zero-order valence-corrected chi connectivity index (χ0v) is 11.8. The molecule has 0 atom stereocenters. The molecule has 0 bridgehead atoms. The minimum absolute atomic E-state index is 0.0508. The second-order valence-electron chi connectivity index (χ2n) is 2.85. The average molecular weight is 402 g/mol. The fourth-order valence-corrected chi connectivity index (χ4v) is 2.80. The van der Waals surface area contributed by atoms with E-state index >= 15 is 0 Å². The van der Waals surface area contributed by atoms with Crippen LogP contribution in [-0.4, -0.2) is 19.8 Å². The Labute approximate surface area is 113 Å². The summed E-state index contributed by atoms with van der Waals surface area (Å²) < 4.78 is 61.6. The van der Waals surface area contributed by atoms with Gasteiger partial charge in [-0.1, -0.05) is 0 Å². The monoisotopic (exact) mass is 401 g/mol. The second-order valence-corrected chi connectivity index (χ2v) is 6.47. The molecule has 1 heterocycles. The van der Waals surface area contributed by atoms with E-state index in [0.29, 0.717) is 0 Å². The van der Waals surface area contributed by atoms with Gasteiger partial charge in [-0.05, 0) is 35.1 Å². The maximum absolute atomic E-state index is 12.0. The smallest absolute Gasteiger partial charge is 0.387 e. The first-order valence-electron chi connectivity index (χ1n) is 3.88. The van der Waals surface area contributed by atoms with Crippen LogP contribution in [-0.2, 0) is 9.05 Å². The van der Waals surface area contributed by atoms with E-state index in [9.17, 15) is 21.6 Å². The number of halogens is 5. The van der Waals surface area contributed by atoms with Gasteiger partial charge >= 0.3 is 6.36 Å². The fraction of sp³-hybridized carbons (Fsp3) is 0.286. The van der Waals surface area contributed by atoms with Gasteiger partial charge < -0.3 is 4.74 Å². The number of ether oxygens (including phenoxy) is 1. The van der Waals surface area contributed by atoms with Crippen molar-refractivity contribution in [2.24, 2.45) is 0 Å². The molecule has 0 spiro atoms. The first-order valence-corrected chi connectivity index (χ1v) is 7.26. The minimum Gasteiger partial charge on any atom is -0.387 e. The summed E-state index contributed by atoms with van der Waals surface area (Å²) in [6.07, 6.45) is -4.17. The van der Waals surface area contributed by atoms with Gasteiger partial charge in [0, 0.05) is 10.7 Å². The summed E-state index contributed by atoms with van der Waals surface area (Å²) in [7, 11) is 1.04. The van der Waals surface area contributed by atoms with Gasteiger partial charge in [-0.2, -0.15) is 0 Å². The lowest BCUT2D eigenvalue weighted by Gasteiger charge is -2.12. The number of rotatable bonds is 2. The lowest BCUT2D eigenvalue weighted by atomic mass is 10.3. The van der Waals surface area contributed by atoms with Crippen molar-refractivity contribution >= 4 is 42.3 Å². The molecule has 0 fully saturated rings. The molecule has 0 saturated carbocycles. The number of hydrogen-bond donors (Lipinski definition) is 0. The van der Waals surface area contributed by atoms with Crippen molar-refractivity contribution in [3.63, 3.8) is 0 Å². The fourth-order valence-electron chi connectivity index (χ4n) is 0.966. The summed E-state index contributed by atoms with van der Waals surface area (Å²) in [5.41, 5.74) is 0.0508. The Balaban J connectivity index is 3.30. The van der Waals surface area contributed by atoms with Gasteiger partial charge in [-0.15, -0.1) is 13.2 Å². The van der Waals surface area contributed by atoms with Crippen LogP contribution in [0.25, 0.3) is 0 Å². The largest absolute Gasteiger partial charge is 0.574 e. The van der Waals surface area contributed by atoms with Gasteiger partial charge in [0.1, 0.15) is 4.90 Å². The Morgan fingerprint density at radius 2 is 2.00 bits per heavy atom. The van der Waals surface area contributed by atoms with Gasteiger partial charge in [0.15, 0.2) is 0 Å². The number of hydrogen-bond acceptors (Lipinski definition) is 4. The Kier molecular flexibility index (Phi) is 4.14. The van der Waals surface area contributed by atoms with Gasteiger partial charge in [-0.25, -0.2) is 13.4 Å². The van der Waals surface area contributed by atoms with Gasteiger partial charge in [0.25, 0.3) is 9.05 Å². The SMILES string of the molecule is Cc1c(S(=O)(=O)Cl)cnc(OC(F)(F)F)c1I. The van der Waals surface area contributed by atoms with E-state index in [-0.39, 0.29) is 14.0 Å². The van der Waals surface area contributed by atoms with E-state index < -0.39 is 21.3 Å². The molecule has 0 aromatic carbocycles. The Morgan fingerprint density at radius 3 is 2.41 bits per heavy atom. The highest BCUT2D eigenvalue weighted by Gasteiger charge is 2.33. The van der Waals surface area contributed by atoms with Crippen molar-refractivity contribution in [3.05, 3.63) is 15.3 Å². The maximum Gasteiger partial charge on any atom is 0.574 e. The predicted octanol–water partition coefficient (Wildman–Crippen LogP) is 2.82. The van der Waals surface area contributed by atoms with E-state index in [1.807, 2.05) is 0 Å². The van der Waals surface area contributed by atoms with Crippen LogP contribution in [0.15, 0.2) is 11.1 Å². The highest BCUT2D eigenvalue weighted by Crippen LogP contribution is 2.31. The van der Waals surface area contributed by atoms with Crippen LogP contribution in [0.5, 0.6) is 5.88 Å². The van der Waals surface area contributed by atoms with E-state index in [1.165, 1.54) is 29.5 Å². The average Bonchev–Trinajstić information content (AvgIpc) is 2.08. The normalized spacial score (nSPS) is 12.6. The zero-order chi connectivity index (χ0) is 13.4. The molecule has 0 aliphatic carbocycles. The van der Waals surface area contributed by atoms with E-state index in [1.54, 1.807) is 0 Å². The van der Waals surface area contributed by atoms with Crippen molar-refractivity contribution < 1.29 is 26.3 Å². The molecule has 1 aromatic rings. The molecule has 0 saturated heterocycles. The van der Waals surface area contributed by atoms with E-state index in [0.717, 1.165) is 6.20 Å². The van der Waals surface area contributed by atoms with E-state index in [4.69, 9.17) is 10.7 Å². The van der Waals surface area contributed by atoms with Crippen molar-refractivity contribution in [1.29, 1.82) is 0 Å². The van der Waals surface area contributed by atoms with Crippen LogP contribution in [0.1, 0.15) is 5.56 Å². The molecule has 17 heavy (non-hydrogen) atoms. The molecule has 96 valence electrons. The van der Waals surface area contributed by atoms with Crippen LogP contribution in [0, 0.1) is 10.5 Å². The van der Waals surface area contributed by atoms with Gasteiger partial charge in [0.05, 0.1) is 9.77 Å². The van der Waals surface area contributed by atoms with Crippen molar-refractivity contribution in [3.8, 4) is 5.88 Å². The lowest BCUT2D eigenvalue weighted by molar-refractivity contribution is -0.276. The summed E-state index contributed by atoms with van der Waals surface area (Å²) >= 11 is 1.50. The van der Waals surface area contributed by atoms with Crippen LogP contribution in [0.3, 0.4) is 0 Å². The van der Waals surface area contributed by atoms with E-state index in [2.05, 4.69) is 9.72 Å². The number of nitrogens with zero attached hydrogens (tertiary/aromatic N) is 1. The third-order valence-electron chi connectivity index (χ3n) is 1.66. The summed E-state index contributed by atoms with van der Waals surface area (Å²) in [5, 5.41) is 0. The molecule has 0 aliphatic heterocycles. The molecule has 1 aromatic heterocycles. The third kappa shape index (κ3) is 3.85. The lowest BCUT2D eigenvalue weighted by Crippen LogP contribution is -2.19. The molecule has 0 unspecified atom stereocenters. The molecule has 0 N–H and O–H groups in total. The quantitative estimate of drug-likeness (QED) is 0.565. The molecular formula is C7H4ClF3INO3S. The summed E-state index contributed by atoms with van der Waals surface area (Å²) in [4.78, 5) is 2.93. The molecule has 4 nitrogen and oxygen atoms in total. The number of pyridine rings is 1. The molecular weight excluding hydrogens is 397 g/mol. The van der Waals surface area contributed by atoms with Crippen LogP contribution in [0.4, 0.5) is 13.2 Å². The van der Waals surface area contributed by atoms with Crippen LogP contribution in [0.2, 0.25) is 0 Å². The summed E-state index contributed by atoms with van der Waals surface area (Å²) in [6.45, 7) is 1.31. The summed E-state index contributed by atoms with van der Waals surface area (Å²) in [5.74, 6) is -0.709. The van der Waals surface area contributed by atoms with Crippen LogP contribution < -0.4 is 4.74 Å². The molecule has 0 amide bonds. The van der Waals surface area contributed by atoms with Crippen molar-refractivity contribution in [2.45, 2.75) is 18.2 Å². The zero-order valence-electron chi connectivity index (χ0n) is 8.05. The summed E-state index contributed by atoms with van der Waals surface area (Å²) in [6, 6.07) is 0. The topological polar surface area (TPSA) is 56.3 Å². The molecule has 0 aliphatic rings. The highest BCUT2D eigenvalue weighted by molar-refractivity contribution is 14.1. The first-order chi connectivity index (χ1) is 7.52. The third-order valence-corrected chi connectivity index (χ3v) is 4.37. The molecule has 10 heteroatoms. The van der Waals surface area contributed by atoms with Gasteiger partial charge in [0.2, 0.25) is 5.88 Å². The minimum atomic E-state index is -4.89. The second kappa shape index (κ2) is 4.76. The van der Waals surface area contributed by atoms with Crippen molar-refractivity contribution in [2.75, 3.05) is 0 Å². The standard InChI is InChI=1S/C7H4ClF3INO3S/c1-3-4(17(8,14)15)2-13-6(5(3)12)16-7(9,10)11/h2H,1H3. The Morgan fingerprint density at radius 1 is 1.47 bits per heavy atom. The first kappa shape index (κ1) is 14.8. The highest BCUT2D eigenvalue weighted by atomic mass is 127. The van der Waals surface area contributed by atoms with Crippen molar-refractivity contribution in [1.82, 2.24) is 4.98 Å². The number of aromatic nitrogens is 1. The number of alkyl halides is 3. The molecule has 0 radical (unpaired) electrons. The Bertz CT molecular complexity index is 546. The molecule has 1 rings (SSSR count). The van der Waals surface area contributed by atoms with Gasteiger partial charge in [-0.3, -0.25) is 0 Å².